The Kier molecular flexibility index (Phi) is 6.11. The van der Waals surface area contributed by atoms with E-state index in [1.54, 1.807) is 9.25 Å². The minimum absolute atomic E-state index is 0.00669. The molecule has 1 aromatic carbocycles. The van der Waals surface area contributed by atoms with Crippen molar-refractivity contribution in [2.24, 2.45) is 5.92 Å². The van der Waals surface area contributed by atoms with Gasteiger partial charge in [-0.2, -0.15) is 5.10 Å². The monoisotopic (exact) mass is 422 g/mol. The van der Waals surface area contributed by atoms with Crippen LogP contribution < -0.4 is 11.0 Å². The van der Waals surface area contributed by atoms with E-state index in [0.29, 0.717) is 37.4 Å². The summed E-state index contributed by atoms with van der Waals surface area (Å²) in [6.07, 6.45) is 3.10. The lowest BCUT2D eigenvalue weighted by atomic mass is 10.1. The molecule has 31 heavy (non-hydrogen) atoms. The van der Waals surface area contributed by atoms with E-state index in [9.17, 15) is 9.59 Å². The first-order valence-corrected chi connectivity index (χ1v) is 11.0. The molecule has 0 bridgehead atoms. The molecule has 2 aromatic heterocycles. The molecule has 1 unspecified atom stereocenters. The second-order valence-electron chi connectivity index (χ2n) is 8.74. The summed E-state index contributed by atoms with van der Waals surface area (Å²) in [7, 11) is 0. The highest BCUT2D eigenvalue weighted by atomic mass is 16.3. The molecule has 0 saturated heterocycles. The maximum atomic E-state index is 12.9. The summed E-state index contributed by atoms with van der Waals surface area (Å²) in [5.41, 5.74) is 1.44. The molecule has 0 aliphatic carbocycles. The number of aromatic nitrogens is 3. The predicted molar refractivity (Wildman–Crippen MR) is 119 cm³/mol. The largest absolute Gasteiger partial charge is 0.461 e. The SMILES string of the molecule is Cc1ccc(-c2cccc(C(=O)NC3CCc4nn(CCC(C)C)c(=O)n4CC3)c2)o1. The first-order chi connectivity index (χ1) is 14.9. The van der Waals surface area contributed by atoms with Gasteiger partial charge < -0.3 is 9.73 Å². The zero-order valence-corrected chi connectivity index (χ0v) is 18.4. The number of nitrogens with zero attached hydrogens (tertiary/aromatic N) is 3. The molecule has 7 nitrogen and oxygen atoms in total. The molecule has 4 rings (SSSR count). The normalized spacial score (nSPS) is 16.2. The molecule has 1 aliphatic rings. The zero-order chi connectivity index (χ0) is 22.0. The van der Waals surface area contributed by atoms with Crippen LogP contribution in [0.3, 0.4) is 0 Å². The molecule has 1 amide bonds. The van der Waals surface area contributed by atoms with Crippen molar-refractivity contribution in [3.05, 3.63) is 64.0 Å². The van der Waals surface area contributed by atoms with Crippen molar-refractivity contribution >= 4 is 5.91 Å². The Bertz CT molecular complexity index is 1120. The quantitative estimate of drug-likeness (QED) is 0.655. The Morgan fingerprint density at radius 3 is 2.84 bits per heavy atom. The second kappa shape index (κ2) is 8.96. The topological polar surface area (TPSA) is 82.1 Å². The Balaban J connectivity index is 1.40. The Labute approximate surface area is 182 Å². The average molecular weight is 423 g/mol. The highest BCUT2D eigenvalue weighted by Crippen LogP contribution is 2.23. The van der Waals surface area contributed by atoms with Gasteiger partial charge in [0.1, 0.15) is 17.3 Å². The van der Waals surface area contributed by atoms with Crippen LogP contribution >= 0.6 is 0 Å². The molecule has 3 aromatic rings. The van der Waals surface area contributed by atoms with Crippen LogP contribution in [0.4, 0.5) is 0 Å². The number of nitrogens with one attached hydrogen (secondary N) is 1. The maximum absolute atomic E-state index is 12.9. The number of fused-ring (bicyclic) bond motifs is 1. The number of carbonyl (C=O) groups excluding carboxylic acids is 1. The van der Waals surface area contributed by atoms with Crippen LogP contribution in [0.25, 0.3) is 11.3 Å². The van der Waals surface area contributed by atoms with Crippen molar-refractivity contribution in [2.45, 2.75) is 65.6 Å². The summed E-state index contributed by atoms with van der Waals surface area (Å²) in [6, 6.07) is 11.3. The number of benzene rings is 1. The van der Waals surface area contributed by atoms with E-state index < -0.39 is 0 Å². The minimum Gasteiger partial charge on any atom is -0.461 e. The van der Waals surface area contributed by atoms with Gasteiger partial charge in [0.2, 0.25) is 0 Å². The summed E-state index contributed by atoms with van der Waals surface area (Å²) in [6.45, 7) is 7.42. The van der Waals surface area contributed by atoms with Crippen LogP contribution in [0.15, 0.2) is 45.6 Å². The fourth-order valence-electron chi connectivity index (χ4n) is 3.97. The van der Waals surface area contributed by atoms with Gasteiger partial charge in [-0.05, 0) is 56.4 Å². The fraction of sp³-hybridized carbons (Fsp3) is 0.458. The summed E-state index contributed by atoms with van der Waals surface area (Å²) < 4.78 is 9.04. The van der Waals surface area contributed by atoms with Gasteiger partial charge in [0, 0.05) is 36.7 Å². The van der Waals surface area contributed by atoms with E-state index >= 15 is 0 Å². The molecule has 0 radical (unpaired) electrons. The van der Waals surface area contributed by atoms with E-state index in [1.165, 1.54) is 0 Å². The lowest BCUT2D eigenvalue weighted by molar-refractivity contribution is 0.0933. The number of furan rings is 1. The third kappa shape index (κ3) is 4.81. The number of rotatable bonds is 6. The van der Waals surface area contributed by atoms with Crippen LogP contribution in [-0.4, -0.2) is 26.3 Å². The van der Waals surface area contributed by atoms with Crippen molar-refractivity contribution < 1.29 is 9.21 Å². The van der Waals surface area contributed by atoms with Gasteiger partial charge in [-0.15, -0.1) is 0 Å². The fourth-order valence-corrected chi connectivity index (χ4v) is 3.97. The van der Waals surface area contributed by atoms with Gasteiger partial charge in [-0.25, -0.2) is 9.48 Å². The maximum Gasteiger partial charge on any atom is 0.345 e. The van der Waals surface area contributed by atoms with Crippen LogP contribution in [0.1, 0.15) is 55.1 Å². The van der Waals surface area contributed by atoms with Gasteiger partial charge in [0.15, 0.2) is 0 Å². The van der Waals surface area contributed by atoms with Crippen molar-refractivity contribution in [3.8, 4) is 11.3 Å². The Hall–Kier alpha value is -3.09. The highest BCUT2D eigenvalue weighted by molar-refractivity contribution is 5.95. The molecule has 3 heterocycles. The minimum atomic E-state index is -0.107. The standard InChI is InChI=1S/C24H30N4O3/c1-16(2)11-14-28-24(30)27-13-12-20(8-10-22(27)26-28)25-23(29)19-6-4-5-18(15-19)21-9-7-17(3)31-21/h4-7,9,15-16,20H,8,10-14H2,1-3H3,(H,25,29). The summed E-state index contributed by atoms with van der Waals surface area (Å²) >= 11 is 0. The zero-order valence-electron chi connectivity index (χ0n) is 18.4. The van der Waals surface area contributed by atoms with E-state index in [-0.39, 0.29) is 17.6 Å². The van der Waals surface area contributed by atoms with E-state index in [2.05, 4.69) is 24.3 Å². The van der Waals surface area contributed by atoms with Crippen molar-refractivity contribution in [3.63, 3.8) is 0 Å². The molecular formula is C24H30N4O3. The Morgan fingerprint density at radius 1 is 1.26 bits per heavy atom. The molecule has 7 heteroatoms. The average Bonchev–Trinajstić information content (AvgIpc) is 3.25. The number of amides is 1. The number of hydrogen-bond acceptors (Lipinski definition) is 4. The van der Waals surface area contributed by atoms with E-state index in [0.717, 1.165) is 35.7 Å². The van der Waals surface area contributed by atoms with Gasteiger partial charge in [-0.3, -0.25) is 9.36 Å². The van der Waals surface area contributed by atoms with Crippen LogP contribution in [0, 0.1) is 12.8 Å². The van der Waals surface area contributed by atoms with Crippen molar-refractivity contribution in [1.82, 2.24) is 19.7 Å². The first kappa shape index (κ1) is 21.2. The Morgan fingerprint density at radius 2 is 2.10 bits per heavy atom. The second-order valence-corrected chi connectivity index (χ2v) is 8.74. The lowest BCUT2D eigenvalue weighted by Crippen LogP contribution is -2.35. The van der Waals surface area contributed by atoms with E-state index in [1.807, 2.05) is 43.3 Å². The molecule has 1 N–H and O–H groups in total. The van der Waals surface area contributed by atoms with Crippen LogP contribution in [0.5, 0.6) is 0 Å². The highest BCUT2D eigenvalue weighted by Gasteiger charge is 2.22. The summed E-state index contributed by atoms with van der Waals surface area (Å²) in [4.78, 5) is 25.5. The molecule has 0 spiro atoms. The first-order valence-electron chi connectivity index (χ1n) is 11.0. The summed E-state index contributed by atoms with van der Waals surface area (Å²) in [5, 5.41) is 7.68. The van der Waals surface area contributed by atoms with Crippen molar-refractivity contribution in [2.75, 3.05) is 0 Å². The molecule has 0 saturated carbocycles. The molecular weight excluding hydrogens is 392 g/mol. The van der Waals surface area contributed by atoms with Gasteiger partial charge in [0.05, 0.1) is 0 Å². The predicted octanol–water partition coefficient (Wildman–Crippen LogP) is 3.79. The van der Waals surface area contributed by atoms with Crippen LogP contribution in [0.2, 0.25) is 0 Å². The van der Waals surface area contributed by atoms with Crippen molar-refractivity contribution in [1.29, 1.82) is 0 Å². The molecule has 164 valence electrons. The molecule has 0 fully saturated rings. The number of aryl methyl sites for hydroxylation is 3. The van der Waals surface area contributed by atoms with Gasteiger partial charge in [-0.1, -0.05) is 26.0 Å². The third-order valence-corrected chi connectivity index (χ3v) is 5.82. The molecule has 1 aliphatic heterocycles. The van der Waals surface area contributed by atoms with Gasteiger partial charge in [0.25, 0.3) is 5.91 Å². The lowest BCUT2D eigenvalue weighted by Gasteiger charge is -2.16. The number of carbonyl (C=O) groups is 1. The molecule has 1 atom stereocenters. The van der Waals surface area contributed by atoms with Crippen LogP contribution in [-0.2, 0) is 19.5 Å². The number of hydrogen-bond donors (Lipinski definition) is 1. The smallest absolute Gasteiger partial charge is 0.345 e. The van der Waals surface area contributed by atoms with E-state index in [4.69, 9.17) is 4.42 Å². The van der Waals surface area contributed by atoms with Gasteiger partial charge >= 0.3 is 5.69 Å². The third-order valence-electron chi connectivity index (χ3n) is 5.82. The summed E-state index contributed by atoms with van der Waals surface area (Å²) in [5.74, 6) is 2.83.